The van der Waals surface area contributed by atoms with Gasteiger partial charge >= 0.3 is 16.5 Å². The number of aryl methyl sites for hydroxylation is 1. The number of rotatable bonds is 8. The van der Waals surface area contributed by atoms with Gasteiger partial charge in [0.25, 0.3) is 0 Å². The van der Waals surface area contributed by atoms with Gasteiger partial charge < -0.3 is 45.5 Å². The molecule has 76 heavy (non-hydrogen) atoms. The number of ether oxygens (including phenoxy) is 3. The predicted molar refractivity (Wildman–Crippen MR) is 314 cm³/mol. The van der Waals surface area contributed by atoms with E-state index < -0.39 is 16.5 Å². The van der Waals surface area contributed by atoms with Crippen molar-refractivity contribution in [3.8, 4) is 39.9 Å². The molecule has 2 heterocycles. The van der Waals surface area contributed by atoms with Crippen molar-refractivity contribution in [2.75, 3.05) is 21.3 Å². The van der Waals surface area contributed by atoms with Crippen molar-refractivity contribution in [2.45, 2.75) is 112 Å². The van der Waals surface area contributed by atoms with E-state index >= 15 is 0 Å². The molecule has 396 valence electrons. The Kier molecular flexibility index (Phi) is 14.1. The summed E-state index contributed by atoms with van der Waals surface area (Å²) in [5.74, 6) is 3.24. The summed E-state index contributed by atoms with van der Waals surface area (Å²) in [6.07, 6.45) is 0. The average Bonchev–Trinajstić information content (AvgIpc) is 3.65. The maximum atomic E-state index is 7.37. The Hall–Kier alpha value is -6.96. The van der Waals surface area contributed by atoms with Gasteiger partial charge in [0, 0.05) is 54.9 Å². The molecule has 10 nitrogen and oxygen atoms in total. The lowest BCUT2D eigenvalue weighted by molar-refractivity contribution is 0.413. The van der Waals surface area contributed by atoms with Gasteiger partial charge in [-0.15, -0.1) is 0 Å². The summed E-state index contributed by atoms with van der Waals surface area (Å²) in [5, 5.41) is 7.37. The maximum Gasteiger partial charge on any atom is 0.453 e. The fourth-order valence-electron chi connectivity index (χ4n) is 10.1. The van der Waals surface area contributed by atoms with Crippen LogP contribution in [0.1, 0.15) is 111 Å². The Labute approximate surface area is 447 Å². The molecule has 0 fully saturated rings. The molecule has 10 aromatic rings. The number of benzene rings is 8. The molecular weight excluding hydrogens is 991 g/mol. The third-order valence-corrected chi connectivity index (χ3v) is 16.0. The zero-order valence-electron chi connectivity index (χ0n) is 46.6. The van der Waals surface area contributed by atoms with Crippen LogP contribution in [0.15, 0.2) is 138 Å². The van der Waals surface area contributed by atoms with E-state index in [2.05, 4.69) is 175 Å². The Morgan fingerprint density at radius 2 is 0.658 bits per heavy atom. The van der Waals surface area contributed by atoms with Crippen LogP contribution < -0.4 is 23.3 Å². The predicted octanol–water partition coefficient (Wildman–Crippen LogP) is 19.3. The Morgan fingerprint density at radius 1 is 0.355 bits per heavy atom. The van der Waals surface area contributed by atoms with Crippen molar-refractivity contribution in [1.29, 1.82) is 0 Å². The van der Waals surface area contributed by atoms with Crippen molar-refractivity contribution >= 4 is 81.9 Å². The molecule has 1 unspecified atom stereocenters. The van der Waals surface area contributed by atoms with Crippen LogP contribution in [-0.2, 0) is 21.7 Å². The van der Waals surface area contributed by atoms with Crippen LogP contribution in [0.3, 0.4) is 0 Å². The molecule has 12 heteroatoms. The lowest BCUT2D eigenvalue weighted by atomic mass is 9.83. The number of hydrogen-bond donors (Lipinski definition) is 0. The van der Waals surface area contributed by atoms with Gasteiger partial charge in [0.2, 0.25) is 0 Å². The molecular formula is C64H70O10P2. The van der Waals surface area contributed by atoms with Crippen LogP contribution in [0.5, 0.6) is 28.7 Å². The Bertz CT molecular complexity index is 3890. The maximum absolute atomic E-state index is 7.37. The summed E-state index contributed by atoms with van der Waals surface area (Å²) in [7, 11) is 0.698. The number of hydrogen-bond acceptors (Lipinski definition) is 9. The largest absolute Gasteiger partial charge is 0.497 e. The zero-order chi connectivity index (χ0) is 53.5. The van der Waals surface area contributed by atoms with Crippen LogP contribution in [0.2, 0.25) is 0 Å². The molecule has 10 rings (SSSR count). The van der Waals surface area contributed by atoms with Crippen molar-refractivity contribution in [1.82, 2.24) is 0 Å². The van der Waals surface area contributed by atoms with E-state index in [4.69, 9.17) is 40.0 Å². The van der Waals surface area contributed by atoms with Crippen molar-refractivity contribution < 1.29 is 45.5 Å². The minimum Gasteiger partial charge on any atom is -0.497 e. The Balaban J connectivity index is 0.00000706. The first-order valence-corrected chi connectivity index (χ1v) is 27.7. The van der Waals surface area contributed by atoms with Crippen molar-refractivity contribution in [3.05, 3.63) is 149 Å². The fraction of sp³-hybridized carbons (Fsp3) is 0.312. The second-order valence-corrected chi connectivity index (χ2v) is 25.6. The Morgan fingerprint density at radius 3 is 0.974 bits per heavy atom. The first kappa shape index (κ1) is 53.9. The van der Waals surface area contributed by atoms with Crippen LogP contribution in [0.25, 0.3) is 76.5 Å². The molecule has 1 atom stereocenters. The average molecular weight is 1060 g/mol. The number of fused-ring (bicyclic) bond motifs is 8. The van der Waals surface area contributed by atoms with Gasteiger partial charge in [0.05, 0.1) is 21.3 Å². The van der Waals surface area contributed by atoms with E-state index in [1.165, 1.54) is 0 Å². The molecule has 0 spiro atoms. The standard InChI is InChI=1S/C64H68O9P2.H2O/c1-37-29-45-46-31-40(65-14)34-50(62(5,6)7)58(46)71-74(70-57(45)49(30-37)61(2,3)4)68-53-27-25-38-21-17-19-23-43(38)55(53)56-44-24-20-18-22-39(44)26-28-54(56)69-75-72-59-47(32-41(66-15)35-51(59)63(8,9)10)48-33-42(67-16)36-52(60(48)73-75)64(11,12)13;/h17-36H,1-16H3;1H2. The highest BCUT2D eigenvalue weighted by atomic mass is 31.1. The third kappa shape index (κ3) is 9.99. The van der Waals surface area contributed by atoms with E-state index in [0.717, 1.165) is 87.8 Å². The fourth-order valence-corrected chi connectivity index (χ4v) is 12.3. The van der Waals surface area contributed by atoms with Gasteiger partial charge in [-0.05, 0) is 110 Å². The van der Waals surface area contributed by atoms with Crippen molar-refractivity contribution in [2.24, 2.45) is 0 Å². The van der Waals surface area contributed by atoms with Gasteiger partial charge in [0.15, 0.2) is 0 Å². The second kappa shape index (κ2) is 19.9. The van der Waals surface area contributed by atoms with Gasteiger partial charge in [-0.2, -0.15) is 0 Å². The molecule has 2 aromatic heterocycles. The van der Waals surface area contributed by atoms with Crippen LogP contribution in [0, 0.1) is 6.92 Å². The molecule has 0 aliphatic rings. The molecule has 0 saturated carbocycles. The summed E-state index contributed by atoms with van der Waals surface area (Å²) in [4.78, 5) is 0. The minimum atomic E-state index is -2.21. The second-order valence-electron chi connectivity index (χ2n) is 23.7. The van der Waals surface area contributed by atoms with E-state index in [0.29, 0.717) is 45.3 Å². The van der Waals surface area contributed by atoms with Gasteiger partial charge in [-0.25, -0.2) is 0 Å². The minimum absolute atomic E-state index is 0. The summed E-state index contributed by atoms with van der Waals surface area (Å²) in [6, 6.07) is 41.5. The molecule has 2 N–H and O–H groups in total. The van der Waals surface area contributed by atoms with E-state index in [9.17, 15) is 0 Å². The number of methoxy groups -OCH3 is 3. The van der Waals surface area contributed by atoms with Gasteiger partial charge in [-0.1, -0.05) is 150 Å². The van der Waals surface area contributed by atoms with Crippen molar-refractivity contribution in [3.63, 3.8) is 0 Å². The lowest BCUT2D eigenvalue weighted by Crippen LogP contribution is -2.12. The van der Waals surface area contributed by atoms with Crippen LogP contribution >= 0.6 is 16.5 Å². The third-order valence-electron chi connectivity index (χ3n) is 14.0. The molecule has 0 bridgehead atoms. The van der Waals surface area contributed by atoms with Gasteiger partial charge in [0.1, 0.15) is 51.1 Å². The molecule has 0 aliphatic carbocycles. The summed E-state index contributed by atoms with van der Waals surface area (Å²) < 4.78 is 61.5. The van der Waals surface area contributed by atoms with E-state index in [1.54, 1.807) is 21.3 Å². The molecule has 0 saturated heterocycles. The highest BCUT2D eigenvalue weighted by Crippen LogP contribution is 2.53. The van der Waals surface area contributed by atoms with Gasteiger partial charge in [-0.3, -0.25) is 0 Å². The molecule has 0 aliphatic heterocycles. The summed E-state index contributed by atoms with van der Waals surface area (Å²) in [6.45, 7) is 28.3. The highest BCUT2D eigenvalue weighted by molar-refractivity contribution is 7.32. The van der Waals surface area contributed by atoms with E-state index in [-0.39, 0.29) is 27.1 Å². The highest BCUT2D eigenvalue weighted by Gasteiger charge is 2.30. The normalized spacial score (nSPS) is 12.6. The first-order valence-electron chi connectivity index (χ1n) is 25.5. The quantitative estimate of drug-likeness (QED) is 0.146. The monoisotopic (exact) mass is 1060 g/mol. The SMILES string of the molecule is COc1cc(C(C)(C)C)c2op(Oc3ccc4ccccc4c3-c3c(Op4oc5c(C(C)(C)C)cc(OC)cc5c5cc(OC)cc(C(C)(C)C)c5o4)ccc4ccccc34)oc3c(C(C)(C)C)cc(C)cc3c2c1.O. The summed E-state index contributed by atoms with van der Waals surface area (Å²) >= 11 is 0. The molecule has 0 amide bonds. The zero-order valence-corrected chi connectivity index (χ0v) is 48.4. The topological polar surface area (TPSA) is 130 Å². The van der Waals surface area contributed by atoms with Crippen LogP contribution in [0.4, 0.5) is 0 Å². The molecule has 8 aromatic carbocycles. The molecule has 0 radical (unpaired) electrons. The summed E-state index contributed by atoms with van der Waals surface area (Å²) in [5.41, 5.74) is 7.98. The smallest absolute Gasteiger partial charge is 0.453 e. The first-order chi connectivity index (χ1) is 35.4. The van der Waals surface area contributed by atoms with Crippen LogP contribution in [-0.4, -0.2) is 26.8 Å². The van der Waals surface area contributed by atoms with E-state index in [1.807, 2.05) is 36.4 Å². The lowest BCUT2D eigenvalue weighted by Gasteiger charge is -2.21.